The van der Waals surface area contributed by atoms with E-state index in [9.17, 15) is 4.79 Å². The summed E-state index contributed by atoms with van der Waals surface area (Å²) in [6.45, 7) is 4.36. The summed E-state index contributed by atoms with van der Waals surface area (Å²) in [5.74, 6) is 0.544. The molecule has 0 spiro atoms. The number of carbonyl (C=O) groups is 1. The Morgan fingerprint density at radius 1 is 0.778 bits per heavy atom. The van der Waals surface area contributed by atoms with E-state index in [1.807, 2.05) is 42.5 Å². The molecular formula is C26H22O. The van der Waals surface area contributed by atoms with Crippen molar-refractivity contribution >= 4 is 33.4 Å². The predicted molar refractivity (Wildman–Crippen MR) is 115 cm³/mol. The molecule has 1 nitrogen and oxygen atoms in total. The van der Waals surface area contributed by atoms with Gasteiger partial charge in [0, 0.05) is 5.56 Å². The molecule has 0 saturated heterocycles. The molecular weight excluding hydrogens is 328 g/mol. The number of hydrogen-bond acceptors (Lipinski definition) is 1. The molecule has 0 aromatic heterocycles. The molecule has 0 heterocycles. The van der Waals surface area contributed by atoms with Crippen LogP contribution >= 0.6 is 0 Å². The highest BCUT2D eigenvalue weighted by molar-refractivity contribution is 6.23. The van der Waals surface area contributed by atoms with Crippen LogP contribution in [0.4, 0.5) is 0 Å². The van der Waals surface area contributed by atoms with Gasteiger partial charge in [-0.3, -0.25) is 4.79 Å². The molecule has 0 aliphatic rings. The first-order valence-electron chi connectivity index (χ1n) is 9.36. The van der Waals surface area contributed by atoms with Crippen molar-refractivity contribution in [2.45, 2.75) is 19.8 Å². The van der Waals surface area contributed by atoms with Crippen molar-refractivity contribution in [2.75, 3.05) is 0 Å². The number of fused-ring (bicyclic) bond motifs is 2. The molecule has 0 fully saturated rings. The first-order valence-corrected chi connectivity index (χ1v) is 9.36. The molecule has 132 valence electrons. The number of ketones is 1. The monoisotopic (exact) mass is 350 g/mol. The minimum Gasteiger partial charge on any atom is -0.289 e. The van der Waals surface area contributed by atoms with Gasteiger partial charge in [-0.25, -0.2) is 0 Å². The second kappa shape index (κ2) is 7.20. The lowest BCUT2D eigenvalue weighted by Gasteiger charge is -2.09. The molecule has 4 rings (SSSR count). The van der Waals surface area contributed by atoms with Gasteiger partial charge >= 0.3 is 0 Å². The maximum Gasteiger partial charge on any atom is 0.187 e. The quantitative estimate of drug-likeness (QED) is 0.220. The van der Waals surface area contributed by atoms with Crippen molar-refractivity contribution in [1.29, 1.82) is 0 Å². The zero-order valence-electron chi connectivity index (χ0n) is 15.6. The van der Waals surface area contributed by atoms with E-state index in [2.05, 4.69) is 56.3 Å². The van der Waals surface area contributed by atoms with E-state index >= 15 is 0 Å². The smallest absolute Gasteiger partial charge is 0.187 e. The van der Waals surface area contributed by atoms with Gasteiger partial charge in [0.2, 0.25) is 0 Å². The van der Waals surface area contributed by atoms with Gasteiger partial charge in [-0.2, -0.15) is 0 Å². The van der Waals surface area contributed by atoms with Crippen LogP contribution in [0, 0.1) is 0 Å². The van der Waals surface area contributed by atoms with Crippen LogP contribution in [0.5, 0.6) is 0 Å². The van der Waals surface area contributed by atoms with Crippen LogP contribution in [-0.4, -0.2) is 5.78 Å². The molecule has 0 aliphatic carbocycles. The molecule has 0 aliphatic heterocycles. The van der Waals surface area contributed by atoms with Crippen LogP contribution in [-0.2, 0) is 0 Å². The van der Waals surface area contributed by atoms with Crippen molar-refractivity contribution < 1.29 is 4.79 Å². The summed E-state index contributed by atoms with van der Waals surface area (Å²) in [7, 11) is 0. The molecule has 0 unspecified atom stereocenters. The molecule has 1 heteroatoms. The van der Waals surface area contributed by atoms with E-state index < -0.39 is 0 Å². The van der Waals surface area contributed by atoms with Crippen molar-refractivity contribution in [2.24, 2.45) is 0 Å². The Labute approximate surface area is 160 Å². The first-order chi connectivity index (χ1) is 13.1. The standard InChI is InChI=1S/C26H22O/c1-18(2)20-14-11-19(12-15-20)13-16-25(27)26-23-9-5-3-7-21(23)17-22-8-4-6-10-24(22)26/h3-18H,1-2H3/b16-13+. The Morgan fingerprint density at radius 3 is 1.89 bits per heavy atom. The third-order valence-electron chi connectivity index (χ3n) is 5.05. The molecule has 4 aromatic carbocycles. The third kappa shape index (κ3) is 3.41. The number of allylic oxidation sites excluding steroid dienone is 1. The lowest BCUT2D eigenvalue weighted by Crippen LogP contribution is -1.98. The highest BCUT2D eigenvalue weighted by Gasteiger charge is 2.12. The van der Waals surface area contributed by atoms with Crippen molar-refractivity contribution in [3.8, 4) is 0 Å². The lowest BCUT2D eigenvalue weighted by molar-refractivity contribution is 0.105. The van der Waals surface area contributed by atoms with Crippen molar-refractivity contribution in [3.63, 3.8) is 0 Å². The molecule has 0 radical (unpaired) electrons. The molecule has 0 amide bonds. The van der Waals surface area contributed by atoms with Gasteiger partial charge < -0.3 is 0 Å². The second-order valence-electron chi connectivity index (χ2n) is 7.21. The summed E-state index contributed by atoms with van der Waals surface area (Å²) in [5.41, 5.74) is 3.12. The summed E-state index contributed by atoms with van der Waals surface area (Å²) in [6.07, 6.45) is 3.60. The lowest BCUT2D eigenvalue weighted by atomic mass is 9.94. The fourth-order valence-corrected chi connectivity index (χ4v) is 3.53. The molecule has 27 heavy (non-hydrogen) atoms. The molecule has 0 saturated carbocycles. The predicted octanol–water partition coefficient (Wildman–Crippen LogP) is 7.01. The number of carbonyl (C=O) groups excluding carboxylic acids is 1. The summed E-state index contributed by atoms with van der Waals surface area (Å²) in [6, 6.07) is 26.7. The van der Waals surface area contributed by atoms with Crippen LogP contribution in [0.1, 0.15) is 41.3 Å². The minimum absolute atomic E-state index is 0.0379. The summed E-state index contributed by atoms with van der Waals surface area (Å²) in [5, 5.41) is 4.19. The Balaban J connectivity index is 1.77. The highest BCUT2D eigenvalue weighted by Crippen LogP contribution is 2.29. The maximum absolute atomic E-state index is 13.1. The van der Waals surface area contributed by atoms with Crippen LogP contribution in [0.3, 0.4) is 0 Å². The molecule has 0 atom stereocenters. The fraction of sp³-hybridized carbons (Fsp3) is 0.115. The maximum atomic E-state index is 13.1. The van der Waals surface area contributed by atoms with Crippen LogP contribution in [0.2, 0.25) is 0 Å². The number of benzene rings is 4. The summed E-state index contributed by atoms with van der Waals surface area (Å²) in [4.78, 5) is 13.1. The third-order valence-corrected chi connectivity index (χ3v) is 5.05. The van der Waals surface area contributed by atoms with Gasteiger partial charge in [-0.1, -0.05) is 92.7 Å². The van der Waals surface area contributed by atoms with Gasteiger partial charge in [-0.15, -0.1) is 0 Å². The molecule has 0 N–H and O–H groups in total. The van der Waals surface area contributed by atoms with Gasteiger partial charge in [0.15, 0.2) is 5.78 Å². The van der Waals surface area contributed by atoms with E-state index in [1.165, 1.54) is 5.56 Å². The molecule has 4 aromatic rings. The minimum atomic E-state index is 0.0379. The Kier molecular flexibility index (Phi) is 4.60. The normalized spacial score (nSPS) is 11.7. The Morgan fingerprint density at radius 2 is 1.33 bits per heavy atom. The SMILES string of the molecule is CC(C)c1ccc(/C=C/C(=O)c2c3ccccc3cc3ccccc23)cc1. The first kappa shape index (κ1) is 17.2. The molecule has 0 bridgehead atoms. The van der Waals surface area contributed by atoms with E-state index in [4.69, 9.17) is 0 Å². The zero-order chi connectivity index (χ0) is 18.8. The summed E-state index contributed by atoms with van der Waals surface area (Å²) >= 11 is 0. The van der Waals surface area contributed by atoms with Gasteiger partial charge in [0.05, 0.1) is 0 Å². The van der Waals surface area contributed by atoms with E-state index in [-0.39, 0.29) is 5.78 Å². The Bertz CT molecular complexity index is 1090. The fourth-order valence-electron chi connectivity index (χ4n) is 3.53. The zero-order valence-corrected chi connectivity index (χ0v) is 15.6. The van der Waals surface area contributed by atoms with E-state index in [0.29, 0.717) is 5.92 Å². The van der Waals surface area contributed by atoms with Crippen LogP contribution < -0.4 is 0 Å². The van der Waals surface area contributed by atoms with Gasteiger partial charge in [0.1, 0.15) is 0 Å². The topological polar surface area (TPSA) is 17.1 Å². The highest BCUT2D eigenvalue weighted by atomic mass is 16.1. The van der Waals surface area contributed by atoms with Crippen LogP contribution in [0.25, 0.3) is 27.6 Å². The van der Waals surface area contributed by atoms with Crippen molar-refractivity contribution in [3.05, 3.63) is 102 Å². The van der Waals surface area contributed by atoms with Crippen molar-refractivity contribution in [1.82, 2.24) is 0 Å². The summed E-state index contributed by atoms with van der Waals surface area (Å²) < 4.78 is 0. The van der Waals surface area contributed by atoms with Gasteiger partial charge in [0.25, 0.3) is 0 Å². The van der Waals surface area contributed by atoms with Gasteiger partial charge in [-0.05, 0) is 50.7 Å². The van der Waals surface area contributed by atoms with E-state index in [0.717, 1.165) is 32.7 Å². The second-order valence-corrected chi connectivity index (χ2v) is 7.21. The average Bonchev–Trinajstić information content (AvgIpc) is 2.70. The Hall–Kier alpha value is -3.19. The largest absolute Gasteiger partial charge is 0.289 e. The van der Waals surface area contributed by atoms with E-state index in [1.54, 1.807) is 6.08 Å². The van der Waals surface area contributed by atoms with Crippen LogP contribution in [0.15, 0.2) is 84.9 Å². The number of hydrogen-bond donors (Lipinski definition) is 0. The number of rotatable bonds is 4. The average molecular weight is 350 g/mol.